The molecule has 0 heterocycles. The molecule has 0 radical (unpaired) electrons. The van der Waals surface area contributed by atoms with Crippen LogP contribution in [0.2, 0.25) is 9.51 Å². The third-order valence-corrected chi connectivity index (χ3v) is 21.4. The van der Waals surface area contributed by atoms with Crippen LogP contribution in [0, 0.1) is 0 Å². The van der Waals surface area contributed by atoms with Gasteiger partial charge < -0.3 is 0 Å². The van der Waals surface area contributed by atoms with Gasteiger partial charge in [-0.3, -0.25) is 0 Å². The Hall–Kier alpha value is -0.690. The molecule has 0 unspecified atom stereocenters. The molecule has 25 heavy (non-hydrogen) atoms. The molecule has 0 nitrogen and oxygen atoms in total. The molecule has 0 N–H and O–H groups in total. The predicted octanol–water partition coefficient (Wildman–Crippen LogP) is 7.48. The molecule has 134 valence electrons. The van der Waals surface area contributed by atoms with Gasteiger partial charge in [0.05, 0.1) is 0 Å². The average Bonchev–Trinajstić information content (AvgIpc) is 3.32. The normalized spacial score (nSPS) is 23.5. The molecule has 3 rings (SSSR count). The summed E-state index contributed by atoms with van der Waals surface area (Å²) >= 11 is -2.35. The molecule has 0 aliphatic heterocycles. The van der Waals surface area contributed by atoms with Crippen molar-refractivity contribution in [3.63, 3.8) is 0 Å². The van der Waals surface area contributed by atoms with Crippen LogP contribution in [0.4, 0.5) is 0 Å². The summed E-state index contributed by atoms with van der Waals surface area (Å²) in [6, 6.07) is 0. The zero-order chi connectivity index (χ0) is 17.8. The molecule has 0 fully saturated rings. The third kappa shape index (κ3) is 3.34. The van der Waals surface area contributed by atoms with Crippen LogP contribution in [0.25, 0.3) is 0 Å². The predicted molar refractivity (Wildman–Crippen MR) is 113 cm³/mol. The third-order valence-electron chi connectivity index (χ3n) is 6.43. The number of rotatable bonds is 9. The summed E-state index contributed by atoms with van der Waals surface area (Å²) in [6.07, 6.45) is 37.4. The van der Waals surface area contributed by atoms with E-state index in [4.69, 9.17) is 0 Å². The number of hydrogen-bond acceptors (Lipinski definition) is 0. The summed E-state index contributed by atoms with van der Waals surface area (Å²) in [6.45, 7) is 7.10. The van der Waals surface area contributed by atoms with Gasteiger partial charge in [-0.2, -0.15) is 0 Å². The fourth-order valence-electron chi connectivity index (χ4n) is 5.89. The zero-order valence-electron chi connectivity index (χ0n) is 16.2. The molecule has 3 aliphatic rings. The first kappa shape index (κ1) is 19.1. The second-order valence-corrected chi connectivity index (χ2v) is 19.9. The molecular weight excluding hydrogens is 403 g/mol. The van der Waals surface area contributed by atoms with E-state index in [2.05, 4.69) is 93.7 Å². The van der Waals surface area contributed by atoms with Crippen molar-refractivity contribution in [1.29, 1.82) is 0 Å². The maximum atomic E-state index is 2.60. The van der Waals surface area contributed by atoms with Gasteiger partial charge in [0.2, 0.25) is 0 Å². The standard InChI is InChI=1S/3C8H11.In/c3*1-2-5-8-6-3-4-7-8;/h3*3-4,6-7H,2,5H2,1H3;/q;;;-2. The van der Waals surface area contributed by atoms with E-state index in [1.807, 2.05) is 0 Å². The SMILES string of the molecule is CCC[C]1([In-2]([C]2(CCC)C=CC=C2)[C]2(CCC)C=CC=C2)C=CC=C1. The number of hydrogen-bond donors (Lipinski definition) is 0. The molecule has 3 aliphatic carbocycles. The molecule has 0 amide bonds. The van der Waals surface area contributed by atoms with Crippen LogP contribution in [0.15, 0.2) is 72.9 Å². The molecular formula is C24H33In-2. The van der Waals surface area contributed by atoms with Crippen molar-refractivity contribution >= 4 is 21.4 Å². The molecule has 0 saturated heterocycles. The van der Waals surface area contributed by atoms with E-state index in [1.54, 1.807) is 0 Å². The maximum absolute atomic E-state index is 2.60. The van der Waals surface area contributed by atoms with Gasteiger partial charge in [-0.05, 0) is 0 Å². The van der Waals surface area contributed by atoms with Crippen molar-refractivity contribution in [1.82, 2.24) is 0 Å². The Balaban J connectivity index is 2.18. The van der Waals surface area contributed by atoms with Crippen LogP contribution >= 0.6 is 0 Å². The topological polar surface area (TPSA) is 0 Å². The van der Waals surface area contributed by atoms with E-state index in [1.165, 1.54) is 38.5 Å². The molecule has 0 spiro atoms. The summed E-state index contributed by atoms with van der Waals surface area (Å²) in [5.74, 6) is 0. The Morgan fingerprint density at radius 3 is 0.920 bits per heavy atom. The first-order valence-corrected chi connectivity index (χ1v) is 15.2. The first-order valence-electron chi connectivity index (χ1n) is 10.3. The van der Waals surface area contributed by atoms with E-state index < -0.39 is 21.4 Å². The summed E-state index contributed by atoms with van der Waals surface area (Å²) in [5, 5.41) is 0. The van der Waals surface area contributed by atoms with Crippen molar-refractivity contribution in [3.8, 4) is 0 Å². The Morgan fingerprint density at radius 2 is 0.720 bits per heavy atom. The Labute approximate surface area is 162 Å². The van der Waals surface area contributed by atoms with Crippen molar-refractivity contribution in [2.24, 2.45) is 0 Å². The van der Waals surface area contributed by atoms with Crippen LogP contribution in [-0.4, -0.2) is 21.4 Å². The van der Waals surface area contributed by atoms with E-state index in [9.17, 15) is 0 Å². The van der Waals surface area contributed by atoms with Crippen LogP contribution in [-0.2, 0) is 0 Å². The van der Waals surface area contributed by atoms with Crippen molar-refractivity contribution < 1.29 is 0 Å². The molecule has 0 aromatic heterocycles. The van der Waals surface area contributed by atoms with Crippen molar-refractivity contribution in [3.05, 3.63) is 72.9 Å². The zero-order valence-corrected chi connectivity index (χ0v) is 19.5. The molecule has 0 bridgehead atoms. The molecule has 0 aromatic rings. The van der Waals surface area contributed by atoms with Gasteiger partial charge in [-0.1, -0.05) is 0 Å². The van der Waals surface area contributed by atoms with Gasteiger partial charge in [0.15, 0.2) is 0 Å². The molecule has 1 heteroatoms. The van der Waals surface area contributed by atoms with E-state index in [-0.39, 0.29) is 0 Å². The Kier molecular flexibility index (Phi) is 6.03. The monoisotopic (exact) mass is 436 g/mol. The minimum absolute atomic E-state index is 0.360. The second kappa shape index (κ2) is 7.91. The first-order chi connectivity index (χ1) is 12.2. The molecule has 0 saturated carbocycles. The Morgan fingerprint density at radius 1 is 0.480 bits per heavy atom. The Bertz CT molecular complexity index is 515. The van der Waals surface area contributed by atoms with Crippen molar-refractivity contribution in [2.45, 2.75) is 68.8 Å². The fraction of sp³-hybridized carbons (Fsp3) is 0.500. The number of allylic oxidation sites excluding steroid dienone is 12. The summed E-state index contributed by atoms with van der Waals surface area (Å²) in [7, 11) is 0. The minimum atomic E-state index is -2.35. The molecule has 0 atom stereocenters. The van der Waals surface area contributed by atoms with Gasteiger partial charge in [-0.15, -0.1) is 0 Å². The van der Waals surface area contributed by atoms with E-state index in [0.29, 0.717) is 9.51 Å². The van der Waals surface area contributed by atoms with Gasteiger partial charge >= 0.3 is 163 Å². The van der Waals surface area contributed by atoms with Crippen LogP contribution in [0.5, 0.6) is 0 Å². The van der Waals surface area contributed by atoms with Crippen LogP contribution in [0.1, 0.15) is 59.3 Å². The summed E-state index contributed by atoms with van der Waals surface area (Å²) < 4.78 is 1.08. The van der Waals surface area contributed by atoms with Gasteiger partial charge in [-0.25, -0.2) is 0 Å². The van der Waals surface area contributed by atoms with Crippen LogP contribution in [0.3, 0.4) is 0 Å². The van der Waals surface area contributed by atoms with Crippen LogP contribution < -0.4 is 0 Å². The second-order valence-electron chi connectivity index (χ2n) is 8.17. The van der Waals surface area contributed by atoms with Gasteiger partial charge in [0, 0.05) is 0 Å². The fourth-order valence-corrected chi connectivity index (χ4v) is 24.6. The quantitative estimate of drug-likeness (QED) is 0.352. The average molecular weight is 436 g/mol. The van der Waals surface area contributed by atoms with E-state index >= 15 is 0 Å². The summed E-state index contributed by atoms with van der Waals surface area (Å²) in [4.78, 5) is 0. The van der Waals surface area contributed by atoms with Gasteiger partial charge in [0.1, 0.15) is 0 Å². The van der Waals surface area contributed by atoms with Crippen molar-refractivity contribution in [2.75, 3.05) is 0 Å². The molecule has 0 aromatic carbocycles. The van der Waals surface area contributed by atoms with Gasteiger partial charge in [0.25, 0.3) is 0 Å². The summed E-state index contributed by atoms with van der Waals surface area (Å²) in [5.41, 5.74) is 0. The van der Waals surface area contributed by atoms with E-state index in [0.717, 1.165) is 0 Å².